The average Bonchev–Trinajstić information content (AvgIpc) is 4.02. The lowest BCUT2D eigenvalue weighted by atomic mass is 10.0. The van der Waals surface area contributed by atoms with Crippen LogP contribution in [0.5, 0.6) is 0 Å². The second-order valence-electron chi connectivity index (χ2n) is 16.0. The Morgan fingerprint density at radius 1 is 0.302 bits per heavy atom. The molecule has 13 rings (SSSR count). The Labute approximate surface area is 361 Å². The lowest BCUT2D eigenvalue weighted by molar-refractivity contribution is 0.669. The van der Waals surface area contributed by atoms with Gasteiger partial charge in [0.1, 0.15) is 11.2 Å². The molecule has 0 unspecified atom stereocenters. The van der Waals surface area contributed by atoms with Crippen LogP contribution in [0.2, 0.25) is 0 Å². The summed E-state index contributed by atoms with van der Waals surface area (Å²) >= 11 is 0. The summed E-state index contributed by atoms with van der Waals surface area (Å²) in [5.41, 5.74) is 13.4. The monoisotopic (exact) mass is 805 g/mol. The summed E-state index contributed by atoms with van der Waals surface area (Å²) in [5.74, 6) is 1.69. The molecule has 294 valence electrons. The second kappa shape index (κ2) is 14.0. The van der Waals surface area contributed by atoms with E-state index < -0.39 is 0 Å². The number of hydrogen-bond acceptors (Lipinski definition) is 4. The molecule has 0 spiro atoms. The Morgan fingerprint density at radius 2 is 0.746 bits per heavy atom. The van der Waals surface area contributed by atoms with Crippen LogP contribution in [0, 0.1) is 0 Å². The summed E-state index contributed by atoms with van der Waals surface area (Å²) in [5, 5.41) is 6.69. The fourth-order valence-corrected chi connectivity index (χ4v) is 9.44. The molecule has 0 aliphatic heterocycles. The van der Waals surface area contributed by atoms with Crippen molar-refractivity contribution in [2.24, 2.45) is 0 Å². The van der Waals surface area contributed by atoms with Crippen LogP contribution in [0.4, 0.5) is 0 Å². The van der Waals surface area contributed by atoms with Gasteiger partial charge in [-0.3, -0.25) is 4.57 Å². The standard InChI is InChI=1S/C57H35N5O/c1-3-13-36(14-4-1)37-23-25-38(26-24-37)39-27-30-42(31-28-39)61-49-20-10-7-17-43(49)47-33-34-48-44-18-8-11-21-50(44)62(54(48)53(47)61)57-59-55(40-15-5-2-6-16-40)58-56(60-57)41-29-32-46-45-19-9-12-22-51(45)63-52(46)35-41/h1-35H. The number of fused-ring (bicyclic) bond motifs is 10. The van der Waals surface area contributed by atoms with Crippen LogP contribution < -0.4 is 0 Å². The lowest BCUT2D eigenvalue weighted by Gasteiger charge is -2.14. The van der Waals surface area contributed by atoms with Gasteiger partial charge < -0.3 is 8.98 Å². The molecule has 0 saturated carbocycles. The first-order valence-corrected chi connectivity index (χ1v) is 21.2. The summed E-state index contributed by atoms with van der Waals surface area (Å²) in [7, 11) is 0. The molecule has 0 radical (unpaired) electrons. The van der Waals surface area contributed by atoms with Gasteiger partial charge in [0.15, 0.2) is 11.6 Å². The third kappa shape index (κ3) is 5.62. The van der Waals surface area contributed by atoms with Crippen LogP contribution in [0.15, 0.2) is 217 Å². The van der Waals surface area contributed by atoms with Gasteiger partial charge in [-0.2, -0.15) is 9.97 Å². The highest BCUT2D eigenvalue weighted by molar-refractivity contribution is 6.23. The minimum atomic E-state index is 0.536. The zero-order chi connectivity index (χ0) is 41.4. The van der Waals surface area contributed by atoms with Crippen LogP contribution in [0.3, 0.4) is 0 Å². The zero-order valence-corrected chi connectivity index (χ0v) is 33.9. The Morgan fingerprint density at radius 3 is 1.40 bits per heavy atom. The average molecular weight is 806 g/mol. The largest absolute Gasteiger partial charge is 0.456 e. The first-order valence-electron chi connectivity index (χ1n) is 21.2. The lowest BCUT2D eigenvalue weighted by Crippen LogP contribution is -2.07. The summed E-state index contributed by atoms with van der Waals surface area (Å²) in [6.07, 6.45) is 0. The predicted octanol–water partition coefficient (Wildman–Crippen LogP) is 14.6. The summed E-state index contributed by atoms with van der Waals surface area (Å²) in [6, 6.07) is 74.6. The highest BCUT2D eigenvalue weighted by Gasteiger charge is 2.24. The molecule has 0 fully saturated rings. The smallest absolute Gasteiger partial charge is 0.238 e. The number of para-hydroxylation sites is 3. The molecule has 6 nitrogen and oxygen atoms in total. The Bertz CT molecular complexity index is 3880. The van der Waals surface area contributed by atoms with Crippen LogP contribution in [-0.2, 0) is 0 Å². The van der Waals surface area contributed by atoms with Crippen molar-refractivity contribution in [1.82, 2.24) is 24.1 Å². The van der Waals surface area contributed by atoms with Crippen molar-refractivity contribution < 1.29 is 4.42 Å². The predicted molar refractivity (Wildman–Crippen MR) is 258 cm³/mol. The van der Waals surface area contributed by atoms with E-state index in [2.05, 4.69) is 179 Å². The fraction of sp³-hybridized carbons (Fsp3) is 0. The minimum Gasteiger partial charge on any atom is -0.456 e. The van der Waals surface area contributed by atoms with Gasteiger partial charge >= 0.3 is 0 Å². The molecular weight excluding hydrogens is 771 g/mol. The van der Waals surface area contributed by atoms with Crippen molar-refractivity contribution >= 4 is 65.6 Å². The molecule has 13 aromatic rings. The van der Waals surface area contributed by atoms with E-state index in [9.17, 15) is 0 Å². The molecule has 4 heterocycles. The molecule has 0 amide bonds. The highest BCUT2D eigenvalue weighted by atomic mass is 16.3. The van der Waals surface area contributed by atoms with Gasteiger partial charge in [-0.25, -0.2) is 4.98 Å². The maximum absolute atomic E-state index is 6.35. The van der Waals surface area contributed by atoms with Gasteiger partial charge in [0, 0.05) is 49.1 Å². The quantitative estimate of drug-likeness (QED) is 0.168. The van der Waals surface area contributed by atoms with Gasteiger partial charge in [-0.05, 0) is 64.7 Å². The number of rotatable bonds is 6. The van der Waals surface area contributed by atoms with Crippen molar-refractivity contribution in [3.8, 4) is 56.7 Å². The molecule has 9 aromatic carbocycles. The summed E-state index contributed by atoms with van der Waals surface area (Å²) in [6.45, 7) is 0. The third-order valence-electron chi connectivity index (χ3n) is 12.4. The molecule has 0 atom stereocenters. The van der Waals surface area contributed by atoms with Crippen molar-refractivity contribution in [2.75, 3.05) is 0 Å². The highest BCUT2D eigenvalue weighted by Crippen LogP contribution is 2.42. The fourth-order valence-electron chi connectivity index (χ4n) is 9.44. The van der Waals surface area contributed by atoms with Gasteiger partial charge in [0.2, 0.25) is 5.95 Å². The molecule has 63 heavy (non-hydrogen) atoms. The number of aromatic nitrogens is 5. The van der Waals surface area contributed by atoms with Crippen LogP contribution >= 0.6 is 0 Å². The van der Waals surface area contributed by atoms with Crippen LogP contribution in [0.25, 0.3) is 122 Å². The van der Waals surface area contributed by atoms with Gasteiger partial charge in [0.05, 0.1) is 22.1 Å². The van der Waals surface area contributed by atoms with Gasteiger partial charge in [-0.1, -0.05) is 170 Å². The molecule has 0 aliphatic rings. The van der Waals surface area contributed by atoms with Gasteiger partial charge in [-0.15, -0.1) is 0 Å². The number of nitrogens with zero attached hydrogens (tertiary/aromatic N) is 5. The van der Waals surface area contributed by atoms with E-state index in [0.29, 0.717) is 17.6 Å². The first-order chi connectivity index (χ1) is 31.2. The van der Waals surface area contributed by atoms with E-state index in [-0.39, 0.29) is 0 Å². The SMILES string of the molecule is c1ccc(-c2ccc(-c3ccc(-n4c5ccccc5c5ccc6c7ccccc7n(-c7nc(-c8ccccc8)nc(-c8ccc9c(c8)oc8ccccc89)n7)c6c54)cc3)cc2)cc1. The van der Waals surface area contributed by atoms with E-state index in [1.165, 1.54) is 22.1 Å². The molecule has 4 aromatic heterocycles. The van der Waals surface area contributed by atoms with Crippen molar-refractivity contribution in [3.63, 3.8) is 0 Å². The Kier molecular flexibility index (Phi) is 7.80. The van der Waals surface area contributed by atoms with E-state index in [1.807, 2.05) is 42.5 Å². The number of furan rings is 1. The zero-order valence-electron chi connectivity index (χ0n) is 33.9. The molecule has 0 bridgehead atoms. The van der Waals surface area contributed by atoms with E-state index in [0.717, 1.165) is 82.5 Å². The molecule has 0 aliphatic carbocycles. The van der Waals surface area contributed by atoms with Crippen LogP contribution in [0.1, 0.15) is 0 Å². The first kappa shape index (κ1) is 35.2. The Hall–Kier alpha value is -8.61. The number of hydrogen-bond donors (Lipinski definition) is 0. The maximum Gasteiger partial charge on any atom is 0.238 e. The normalized spacial score (nSPS) is 11.8. The number of benzene rings is 9. The summed E-state index contributed by atoms with van der Waals surface area (Å²) in [4.78, 5) is 15.8. The minimum absolute atomic E-state index is 0.536. The van der Waals surface area contributed by atoms with E-state index in [4.69, 9.17) is 19.4 Å². The summed E-state index contributed by atoms with van der Waals surface area (Å²) < 4.78 is 11.0. The topological polar surface area (TPSA) is 61.7 Å². The molecule has 0 N–H and O–H groups in total. The molecule has 6 heteroatoms. The van der Waals surface area contributed by atoms with E-state index in [1.54, 1.807) is 0 Å². The van der Waals surface area contributed by atoms with Crippen molar-refractivity contribution in [2.45, 2.75) is 0 Å². The van der Waals surface area contributed by atoms with Crippen molar-refractivity contribution in [1.29, 1.82) is 0 Å². The second-order valence-corrected chi connectivity index (χ2v) is 16.0. The maximum atomic E-state index is 6.35. The van der Waals surface area contributed by atoms with Crippen molar-refractivity contribution in [3.05, 3.63) is 212 Å². The third-order valence-corrected chi connectivity index (χ3v) is 12.4. The molecule has 0 saturated heterocycles. The van der Waals surface area contributed by atoms with Gasteiger partial charge in [0.25, 0.3) is 0 Å². The van der Waals surface area contributed by atoms with Crippen LogP contribution in [-0.4, -0.2) is 24.1 Å². The Balaban J connectivity index is 1.04. The van der Waals surface area contributed by atoms with E-state index >= 15 is 0 Å². The molecular formula is C57H35N5O.